The van der Waals surface area contributed by atoms with Crippen molar-refractivity contribution >= 4 is 6.29 Å². The van der Waals surface area contributed by atoms with E-state index >= 15 is 0 Å². The average molecular weight is 164 g/mol. The Morgan fingerprint density at radius 2 is 2.50 bits per heavy atom. The molecule has 1 unspecified atom stereocenters. The molecule has 0 saturated heterocycles. The standard InChI is InChI=1S/C11H16O/c1-10-5-4-7-11(9-10)6-2-3-8-12/h2-3,5,8,11H,4,6-7,9H2,1H3. The van der Waals surface area contributed by atoms with Gasteiger partial charge in [0.1, 0.15) is 6.29 Å². The molecule has 0 aromatic carbocycles. The summed E-state index contributed by atoms with van der Waals surface area (Å²) in [5.74, 6) is 0.770. The molecule has 1 aliphatic carbocycles. The van der Waals surface area contributed by atoms with Crippen molar-refractivity contribution in [1.82, 2.24) is 0 Å². The normalized spacial score (nSPS) is 24.1. The molecule has 0 N–H and O–H groups in total. The van der Waals surface area contributed by atoms with Gasteiger partial charge in [0, 0.05) is 0 Å². The summed E-state index contributed by atoms with van der Waals surface area (Å²) in [5, 5.41) is 0. The van der Waals surface area contributed by atoms with Crippen LogP contribution in [0.15, 0.2) is 23.8 Å². The van der Waals surface area contributed by atoms with Crippen molar-refractivity contribution in [2.75, 3.05) is 0 Å². The number of hydrogen-bond donors (Lipinski definition) is 0. The van der Waals surface area contributed by atoms with Crippen molar-refractivity contribution in [2.24, 2.45) is 5.92 Å². The second-order valence-electron chi connectivity index (χ2n) is 3.50. The molecule has 0 heterocycles. The zero-order valence-corrected chi connectivity index (χ0v) is 7.62. The summed E-state index contributed by atoms with van der Waals surface area (Å²) in [6.07, 6.45) is 11.5. The molecule has 0 fully saturated rings. The maximum atomic E-state index is 10.0. The third-order valence-corrected chi connectivity index (χ3v) is 2.36. The Morgan fingerprint density at radius 3 is 3.17 bits per heavy atom. The van der Waals surface area contributed by atoms with Crippen molar-refractivity contribution in [3.8, 4) is 0 Å². The first-order chi connectivity index (χ1) is 5.83. The predicted octanol–water partition coefficient (Wildman–Crippen LogP) is 2.88. The Morgan fingerprint density at radius 1 is 1.67 bits per heavy atom. The Labute approximate surface area is 74.2 Å². The van der Waals surface area contributed by atoms with E-state index in [1.807, 2.05) is 6.08 Å². The van der Waals surface area contributed by atoms with Crippen molar-refractivity contribution in [3.63, 3.8) is 0 Å². The number of rotatable bonds is 3. The Kier molecular flexibility index (Phi) is 3.78. The van der Waals surface area contributed by atoms with Crippen LogP contribution in [0.25, 0.3) is 0 Å². The summed E-state index contributed by atoms with van der Waals surface area (Å²) < 4.78 is 0. The summed E-state index contributed by atoms with van der Waals surface area (Å²) in [7, 11) is 0. The van der Waals surface area contributed by atoms with Crippen molar-refractivity contribution in [1.29, 1.82) is 0 Å². The second kappa shape index (κ2) is 4.91. The van der Waals surface area contributed by atoms with Crippen LogP contribution in [0.5, 0.6) is 0 Å². The number of hydrogen-bond acceptors (Lipinski definition) is 1. The van der Waals surface area contributed by atoms with E-state index in [0.29, 0.717) is 0 Å². The average Bonchev–Trinajstić information content (AvgIpc) is 2.05. The third-order valence-electron chi connectivity index (χ3n) is 2.36. The minimum atomic E-state index is 0.770. The SMILES string of the molecule is CC1=CCCC(CC=CC=O)C1. The zero-order valence-electron chi connectivity index (χ0n) is 7.62. The van der Waals surface area contributed by atoms with Crippen molar-refractivity contribution < 1.29 is 4.79 Å². The van der Waals surface area contributed by atoms with Crippen LogP contribution < -0.4 is 0 Å². The first kappa shape index (κ1) is 9.24. The molecule has 1 atom stereocenters. The van der Waals surface area contributed by atoms with Crippen LogP contribution in [0.4, 0.5) is 0 Å². The molecule has 0 aromatic rings. The van der Waals surface area contributed by atoms with Crippen LogP contribution in [-0.4, -0.2) is 6.29 Å². The highest BCUT2D eigenvalue weighted by Crippen LogP contribution is 2.26. The van der Waals surface area contributed by atoms with Gasteiger partial charge in [-0.1, -0.05) is 17.7 Å². The Hall–Kier alpha value is -0.850. The van der Waals surface area contributed by atoms with Gasteiger partial charge in [0.15, 0.2) is 0 Å². The van der Waals surface area contributed by atoms with Gasteiger partial charge in [-0.2, -0.15) is 0 Å². The van der Waals surface area contributed by atoms with E-state index in [-0.39, 0.29) is 0 Å². The lowest BCUT2D eigenvalue weighted by Crippen LogP contribution is -2.03. The summed E-state index contributed by atoms with van der Waals surface area (Å²) in [6, 6.07) is 0. The highest BCUT2D eigenvalue weighted by atomic mass is 16.1. The quantitative estimate of drug-likeness (QED) is 0.356. The monoisotopic (exact) mass is 164 g/mol. The molecule has 0 saturated carbocycles. The highest BCUT2D eigenvalue weighted by molar-refractivity contribution is 5.64. The molecule has 0 amide bonds. The summed E-state index contributed by atoms with van der Waals surface area (Å²) in [5.41, 5.74) is 1.51. The maximum absolute atomic E-state index is 10.0. The Bertz CT molecular complexity index is 201. The molecule has 1 aliphatic rings. The first-order valence-corrected chi connectivity index (χ1v) is 4.59. The van der Waals surface area contributed by atoms with E-state index in [9.17, 15) is 4.79 Å². The topological polar surface area (TPSA) is 17.1 Å². The second-order valence-corrected chi connectivity index (χ2v) is 3.50. The molecule has 1 heteroatoms. The smallest absolute Gasteiger partial charge is 0.142 e. The Balaban J connectivity index is 2.30. The van der Waals surface area contributed by atoms with E-state index in [0.717, 1.165) is 18.6 Å². The minimum Gasteiger partial charge on any atom is -0.299 e. The van der Waals surface area contributed by atoms with Gasteiger partial charge in [-0.15, -0.1) is 0 Å². The molecule has 0 aliphatic heterocycles. The van der Waals surface area contributed by atoms with E-state index in [1.165, 1.54) is 24.8 Å². The van der Waals surface area contributed by atoms with E-state index in [4.69, 9.17) is 0 Å². The van der Waals surface area contributed by atoms with E-state index < -0.39 is 0 Å². The van der Waals surface area contributed by atoms with Gasteiger partial charge in [0.2, 0.25) is 0 Å². The molecule has 0 radical (unpaired) electrons. The molecule has 0 bridgehead atoms. The van der Waals surface area contributed by atoms with Crippen LogP contribution >= 0.6 is 0 Å². The molecular weight excluding hydrogens is 148 g/mol. The molecule has 1 nitrogen and oxygen atoms in total. The minimum absolute atomic E-state index is 0.770. The van der Waals surface area contributed by atoms with Gasteiger partial charge in [0.25, 0.3) is 0 Å². The molecule has 12 heavy (non-hydrogen) atoms. The molecule has 0 aromatic heterocycles. The lowest BCUT2D eigenvalue weighted by molar-refractivity contribution is -0.104. The number of aldehydes is 1. The van der Waals surface area contributed by atoms with Crippen LogP contribution in [0.2, 0.25) is 0 Å². The number of carbonyl (C=O) groups excluding carboxylic acids is 1. The fourth-order valence-corrected chi connectivity index (χ4v) is 1.73. The van der Waals surface area contributed by atoms with Crippen LogP contribution in [0, 0.1) is 5.92 Å². The van der Waals surface area contributed by atoms with Crippen LogP contribution in [-0.2, 0) is 4.79 Å². The summed E-state index contributed by atoms with van der Waals surface area (Å²) >= 11 is 0. The predicted molar refractivity (Wildman–Crippen MR) is 50.9 cm³/mol. The van der Waals surface area contributed by atoms with E-state index in [2.05, 4.69) is 13.0 Å². The van der Waals surface area contributed by atoms with Gasteiger partial charge in [-0.3, -0.25) is 4.79 Å². The van der Waals surface area contributed by atoms with Gasteiger partial charge >= 0.3 is 0 Å². The third kappa shape index (κ3) is 3.04. The highest BCUT2D eigenvalue weighted by Gasteiger charge is 2.10. The van der Waals surface area contributed by atoms with Crippen LogP contribution in [0.3, 0.4) is 0 Å². The van der Waals surface area contributed by atoms with Crippen molar-refractivity contribution in [3.05, 3.63) is 23.8 Å². The van der Waals surface area contributed by atoms with Gasteiger partial charge < -0.3 is 0 Å². The molecule has 0 spiro atoms. The van der Waals surface area contributed by atoms with Crippen LogP contribution in [0.1, 0.15) is 32.6 Å². The molecule has 1 rings (SSSR count). The lowest BCUT2D eigenvalue weighted by Gasteiger charge is -2.18. The molecule has 66 valence electrons. The maximum Gasteiger partial charge on any atom is 0.142 e. The van der Waals surface area contributed by atoms with Crippen molar-refractivity contribution in [2.45, 2.75) is 32.6 Å². The lowest BCUT2D eigenvalue weighted by atomic mass is 9.87. The van der Waals surface area contributed by atoms with E-state index in [1.54, 1.807) is 6.08 Å². The van der Waals surface area contributed by atoms with Gasteiger partial charge in [-0.25, -0.2) is 0 Å². The van der Waals surface area contributed by atoms with Gasteiger partial charge in [-0.05, 0) is 44.6 Å². The zero-order chi connectivity index (χ0) is 8.81. The number of allylic oxidation sites excluding steroid dienone is 4. The summed E-state index contributed by atoms with van der Waals surface area (Å²) in [4.78, 5) is 10.0. The fourth-order valence-electron chi connectivity index (χ4n) is 1.73. The molecular formula is C11H16O. The largest absolute Gasteiger partial charge is 0.299 e. The van der Waals surface area contributed by atoms with Gasteiger partial charge in [0.05, 0.1) is 0 Å². The number of carbonyl (C=O) groups is 1. The summed E-state index contributed by atoms with van der Waals surface area (Å²) in [6.45, 7) is 2.19. The fraction of sp³-hybridized carbons (Fsp3) is 0.545. The first-order valence-electron chi connectivity index (χ1n) is 4.59.